The number of carbonyl (C=O) groups is 1. The van der Waals surface area contributed by atoms with Crippen LogP contribution >= 0.6 is 0 Å². The largest absolute Gasteiger partial charge is 0.341 e. The molecule has 160 valence electrons. The highest BCUT2D eigenvalue weighted by molar-refractivity contribution is 5.76. The van der Waals surface area contributed by atoms with Crippen LogP contribution in [-0.4, -0.2) is 73.0 Å². The lowest BCUT2D eigenvalue weighted by atomic mass is 9.77. The van der Waals surface area contributed by atoms with Gasteiger partial charge in [0.05, 0.1) is 6.17 Å². The zero-order valence-electron chi connectivity index (χ0n) is 17.5. The Balaban J connectivity index is 1.44. The fourth-order valence-corrected chi connectivity index (χ4v) is 5.94. The summed E-state index contributed by atoms with van der Waals surface area (Å²) in [5.74, 6) is 1.42. The number of rotatable bonds is 4. The zero-order chi connectivity index (χ0) is 19.7. The number of nitrogens with one attached hydrogen (secondary N) is 3. The minimum Gasteiger partial charge on any atom is -0.341 e. The van der Waals surface area contributed by atoms with Crippen LogP contribution in [-0.2, 0) is 4.79 Å². The third-order valence-corrected chi connectivity index (χ3v) is 7.53. The Kier molecular flexibility index (Phi) is 6.55. The highest BCUT2D eigenvalue weighted by atomic mass is 19.1. The van der Waals surface area contributed by atoms with Crippen molar-refractivity contribution in [3.05, 3.63) is 0 Å². The van der Waals surface area contributed by atoms with Crippen LogP contribution in [0.25, 0.3) is 0 Å². The Labute approximate surface area is 168 Å². The Hall–Kier alpha value is -0.760. The van der Waals surface area contributed by atoms with Gasteiger partial charge in [-0.1, -0.05) is 6.92 Å². The van der Waals surface area contributed by atoms with Crippen LogP contribution in [0.4, 0.5) is 4.39 Å². The number of nitrogens with zero attached hydrogens (tertiary/aromatic N) is 2. The Bertz CT molecular complexity index is 541. The molecule has 7 heteroatoms. The van der Waals surface area contributed by atoms with Gasteiger partial charge < -0.3 is 4.90 Å². The zero-order valence-corrected chi connectivity index (χ0v) is 17.5. The first-order valence-electron chi connectivity index (χ1n) is 11.4. The van der Waals surface area contributed by atoms with Crippen LogP contribution in [0.1, 0.15) is 58.3 Å². The van der Waals surface area contributed by atoms with Gasteiger partial charge in [-0.05, 0) is 56.8 Å². The van der Waals surface area contributed by atoms with Crippen molar-refractivity contribution < 1.29 is 9.18 Å². The molecular formula is C21H38FN5O. The maximum atomic E-state index is 13.5. The van der Waals surface area contributed by atoms with Crippen LogP contribution in [0, 0.1) is 11.8 Å². The molecule has 3 saturated heterocycles. The molecule has 3 aliphatic heterocycles. The quantitative estimate of drug-likeness (QED) is 0.675. The second-order valence-corrected chi connectivity index (χ2v) is 9.46. The van der Waals surface area contributed by atoms with E-state index in [2.05, 4.69) is 33.0 Å². The maximum absolute atomic E-state index is 13.5. The molecular weight excluding hydrogens is 357 g/mol. The molecule has 4 aliphatic rings. The first-order valence-corrected chi connectivity index (χ1v) is 11.4. The molecule has 4 fully saturated rings. The molecule has 0 aromatic carbocycles. The van der Waals surface area contributed by atoms with E-state index >= 15 is 0 Å². The summed E-state index contributed by atoms with van der Waals surface area (Å²) < 4.78 is 13.5. The monoisotopic (exact) mass is 395 g/mol. The summed E-state index contributed by atoms with van der Waals surface area (Å²) in [4.78, 5) is 14.3. The van der Waals surface area contributed by atoms with Crippen LogP contribution in [0.3, 0.4) is 0 Å². The lowest BCUT2D eigenvalue weighted by molar-refractivity contribution is -0.133. The molecule has 0 aromatic rings. The summed E-state index contributed by atoms with van der Waals surface area (Å²) in [6.07, 6.45) is 7.00. The summed E-state index contributed by atoms with van der Waals surface area (Å²) in [5.41, 5.74) is 3.64. The predicted molar refractivity (Wildman–Crippen MR) is 108 cm³/mol. The molecule has 5 atom stereocenters. The van der Waals surface area contributed by atoms with Gasteiger partial charge in [-0.2, -0.15) is 0 Å². The fraction of sp³-hybridized carbons (Fsp3) is 0.952. The lowest BCUT2D eigenvalue weighted by Gasteiger charge is -2.51. The molecule has 6 nitrogen and oxygen atoms in total. The number of hydrogen-bond acceptors (Lipinski definition) is 5. The van der Waals surface area contributed by atoms with Crippen molar-refractivity contribution in [2.24, 2.45) is 11.8 Å². The number of halogens is 1. The summed E-state index contributed by atoms with van der Waals surface area (Å²) in [7, 11) is 2.12. The molecule has 0 aromatic heterocycles. The van der Waals surface area contributed by atoms with Crippen LogP contribution < -0.4 is 16.1 Å². The van der Waals surface area contributed by atoms with E-state index in [1.54, 1.807) is 0 Å². The van der Waals surface area contributed by atoms with Gasteiger partial charge in [0.1, 0.15) is 6.17 Å². The van der Waals surface area contributed by atoms with E-state index in [9.17, 15) is 9.18 Å². The van der Waals surface area contributed by atoms with E-state index in [1.807, 2.05) is 6.92 Å². The Morgan fingerprint density at radius 3 is 2.50 bits per heavy atom. The van der Waals surface area contributed by atoms with E-state index in [-0.39, 0.29) is 12.1 Å². The summed E-state index contributed by atoms with van der Waals surface area (Å²) >= 11 is 0. The molecule has 5 unspecified atom stereocenters. The molecule has 1 aliphatic carbocycles. The summed E-state index contributed by atoms with van der Waals surface area (Å²) in [6.45, 7) is 4.74. The van der Waals surface area contributed by atoms with Gasteiger partial charge in [-0.3, -0.25) is 20.9 Å². The standard InChI is InChI=1S/C21H38FN5O/c1-3-20(28)27-11-8-16-18(13-27)23-19(12-14-4-6-15(22)7-5-14)24-21(16)17-9-10-26(2)25-17/h14-19,21,23-25H,3-13H2,1-2H3. The van der Waals surface area contributed by atoms with E-state index in [1.165, 1.54) is 0 Å². The van der Waals surface area contributed by atoms with Crippen molar-refractivity contribution in [3.8, 4) is 0 Å². The van der Waals surface area contributed by atoms with Crippen LogP contribution in [0.2, 0.25) is 0 Å². The second kappa shape index (κ2) is 8.94. The topological polar surface area (TPSA) is 59.6 Å². The van der Waals surface area contributed by atoms with Crippen molar-refractivity contribution in [1.82, 2.24) is 26.0 Å². The van der Waals surface area contributed by atoms with Gasteiger partial charge in [0, 0.05) is 51.2 Å². The lowest BCUT2D eigenvalue weighted by Crippen LogP contribution is -2.71. The molecule has 3 heterocycles. The van der Waals surface area contributed by atoms with Crippen molar-refractivity contribution in [2.45, 2.75) is 88.8 Å². The average Bonchev–Trinajstić information content (AvgIpc) is 3.14. The van der Waals surface area contributed by atoms with E-state index < -0.39 is 6.17 Å². The third-order valence-electron chi connectivity index (χ3n) is 7.53. The van der Waals surface area contributed by atoms with Crippen molar-refractivity contribution in [3.63, 3.8) is 0 Å². The highest BCUT2D eigenvalue weighted by Gasteiger charge is 2.45. The maximum Gasteiger partial charge on any atom is 0.222 e. The number of fused-ring (bicyclic) bond motifs is 1. The summed E-state index contributed by atoms with van der Waals surface area (Å²) in [5, 5.41) is 9.99. The highest BCUT2D eigenvalue weighted by Crippen LogP contribution is 2.33. The van der Waals surface area contributed by atoms with Crippen LogP contribution in [0.15, 0.2) is 0 Å². The van der Waals surface area contributed by atoms with Gasteiger partial charge >= 0.3 is 0 Å². The van der Waals surface area contributed by atoms with E-state index in [0.29, 0.717) is 36.4 Å². The van der Waals surface area contributed by atoms with Gasteiger partial charge in [0.25, 0.3) is 0 Å². The van der Waals surface area contributed by atoms with Crippen molar-refractivity contribution in [2.75, 3.05) is 26.7 Å². The minimum absolute atomic E-state index is 0.261. The number of likely N-dealkylation sites (tertiary alicyclic amines) is 1. The van der Waals surface area contributed by atoms with E-state index in [0.717, 1.165) is 64.6 Å². The third kappa shape index (κ3) is 4.53. The molecule has 0 radical (unpaired) electrons. The number of hydrazine groups is 1. The van der Waals surface area contributed by atoms with Crippen molar-refractivity contribution in [1.29, 1.82) is 0 Å². The number of hydrogen-bond donors (Lipinski definition) is 3. The molecule has 3 N–H and O–H groups in total. The van der Waals surface area contributed by atoms with Gasteiger partial charge in [-0.15, -0.1) is 0 Å². The first-order chi connectivity index (χ1) is 13.5. The number of piperidine rings is 1. The smallest absolute Gasteiger partial charge is 0.222 e. The Morgan fingerprint density at radius 1 is 1.04 bits per heavy atom. The van der Waals surface area contributed by atoms with Gasteiger partial charge in [0.15, 0.2) is 0 Å². The number of amides is 1. The predicted octanol–water partition coefficient (Wildman–Crippen LogP) is 1.63. The van der Waals surface area contributed by atoms with Crippen LogP contribution in [0.5, 0.6) is 0 Å². The molecule has 0 bridgehead atoms. The SMILES string of the molecule is CCC(=O)N1CCC2C(C1)NC(CC1CCC(F)CC1)NC2C1CCN(C)N1. The van der Waals surface area contributed by atoms with Gasteiger partial charge in [-0.25, -0.2) is 9.40 Å². The fourth-order valence-electron chi connectivity index (χ4n) is 5.94. The normalized spacial score (nSPS) is 42.4. The van der Waals surface area contributed by atoms with E-state index in [4.69, 9.17) is 0 Å². The average molecular weight is 396 g/mol. The minimum atomic E-state index is -0.592. The first kappa shape index (κ1) is 20.5. The molecule has 28 heavy (non-hydrogen) atoms. The number of carbonyl (C=O) groups excluding carboxylic acids is 1. The molecule has 0 spiro atoms. The summed E-state index contributed by atoms with van der Waals surface area (Å²) in [6, 6.07) is 1.24. The molecule has 4 rings (SSSR count). The second-order valence-electron chi connectivity index (χ2n) is 9.46. The van der Waals surface area contributed by atoms with Crippen molar-refractivity contribution >= 4 is 5.91 Å². The van der Waals surface area contributed by atoms with Gasteiger partial charge in [0.2, 0.25) is 5.91 Å². The molecule has 1 amide bonds. The number of alkyl halides is 1. The Morgan fingerprint density at radius 2 is 1.82 bits per heavy atom. The molecule has 1 saturated carbocycles.